The maximum absolute atomic E-state index is 12.2. The van der Waals surface area contributed by atoms with E-state index in [1.165, 1.54) is 7.11 Å². The summed E-state index contributed by atoms with van der Waals surface area (Å²) in [5.74, 6) is -0.191. The molecule has 2 aromatic rings. The van der Waals surface area contributed by atoms with Gasteiger partial charge in [-0.1, -0.05) is 24.3 Å². The first-order chi connectivity index (χ1) is 13.0. The number of carbonyl (C=O) groups excluding carboxylic acids is 2. The Morgan fingerprint density at radius 3 is 2.44 bits per heavy atom. The van der Waals surface area contributed by atoms with E-state index in [0.717, 1.165) is 0 Å². The molecule has 27 heavy (non-hydrogen) atoms. The first kappa shape index (κ1) is 20.1. The molecule has 2 aromatic carbocycles. The molecule has 0 aliphatic carbocycles. The Labute approximate surface area is 157 Å². The second-order valence-corrected chi connectivity index (χ2v) is 5.64. The predicted octanol–water partition coefficient (Wildman–Crippen LogP) is 1.47. The summed E-state index contributed by atoms with van der Waals surface area (Å²) in [6.07, 6.45) is -0.381. The third-order valence-electron chi connectivity index (χ3n) is 3.71. The SMILES string of the molecule is CCOc1ccc(C(CC(=O)[O-])NC(=O)COc2ccccc2)cc1OC. The van der Waals surface area contributed by atoms with Crippen LogP contribution in [-0.4, -0.2) is 32.2 Å². The molecule has 0 aromatic heterocycles. The van der Waals surface area contributed by atoms with E-state index in [1.54, 1.807) is 42.5 Å². The van der Waals surface area contributed by atoms with Crippen molar-refractivity contribution in [1.29, 1.82) is 0 Å². The molecular formula is C20H22NO6-. The zero-order valence-corrected chi connectivity index (χ0v) is 15.3. The molecule has 0 aliphatic heterocycles. The monoisotopic (exact) mass is 372 g/mol. The summed E-state index contributed by atoms with van der Waals surface area (Å²) < 4.78 is 16.1. The maximum atomic E-state index is 12.2. The molecule has 0 spiro atoms. The number of benzene rings is 2. The normalized spacial score (nSPS) is 11.3. The van der Waals surface area contributed by atoms with Crippen LogP contribution in [-0.2, 0) is 9.59 Å². The molecule has 1 amide bonds. The van der Waals surface area contributed by atoms with Crippen LogP contribution in [0.4, 0.5) is 0 Å². The molecule has 1 unspecified atom stereocenters. The van der Waals surface area contributed by atoms with Gasteiger partial charge in [0, 0.05) is 12.4 Å². The average molecular weight is 372 g/mol. The standard InChI is InChI=1S/C20H23NO6/c1-3-26-17-10-9-14(11-18(17)25-2)16(12-20(23)24)21-19(22)13-27-15-7-5-4-6-8-15/h4-11,16H,3,12-13H2,1-2H3,(H,21,22)(H,23,24)/p-1. The van der Waals surface area contributed by atoms with Gasteiger partial charge in [0.2, 0.25) is 0 Å². The van der Waals surface area contributed by atoms with Crippen LogP contribution in [0.2, 0.25) is 0 Å². The van der Waals surface area contributed by atoms with E-state index in [2.05, 4.69) is 5.32 Å². The fourth-order valence-electron chi connectivity index (χ4n) is 2.50. The Kier molecular flexibility index (Phi) is 7.49. The second kappa shape index (κ2) is 10.1. The Hall–Kier alpha value is -3.22. The Morgan fingerprint density at radius 2 is 1.81 bits per heavy atom. The molecule has 0 fully saturated rings. The first-order valence-corrected chi connectivity index (χ1v) is 8.51. The van der Waals surface area contributed by atoms with Crippen molar-refractivity contribution in [2.45, 2.75) is 19.4 Å². The Bertz CT molecular complexity index is 762. The third kappa shape index (κ3) is 6.22. The smallest absolute Gasteiger partial charge is 0.258 e. The van der Waals surface area contributed by atoms with E-state index in [4.69, 9.17) is 14.2 Å². The quantitative estimate of drug-likeness (QED) is 0.678. The van der Waals surface area contributed by atoms with E-state index in [0.29, 0.717) is 29.4 Å². The summed E-state index contributed by atoms with van der Waals surface area (Å²) in [5.41, 5.74) is 0.563. The highest BCUT2D eigenvalue weighted by atomic mass is 16.5. The molecule has 0 aliphatic rings. The van der Waals surface area contributed by atoms with Crippen LogP contribution in [0, 0.1) is 0 Å². The number of hydrogen-bond acceptors (Lipinski definition) is 6. The van der Waals surface area contributed by atoms with Crippen LogP contribution in [0.3, 0.4) is 0 Å². The van der Waals surface area contributed by atoms with Crippen molar-refractivity contribution >= 4 is 11.9 Å². The fourth-order valence-corrected chi connectivity index (χ4v) is 2.50. The second-order valence-electron chi connectivity index (χ2n) is 5.64. The predicted molar refractivity (Wildman–Crippen MR) is 96.6 cm³/mol. The number of carbonyl (C=O) groups is 2. The minimum absolute atomic E-state index is 0.234. The lowest BCUT2D eigenvalue weighted by atomic mass is 10.0. The van der Waals surface area contributed by atoms with Gasteiger partial charge in [0.05, 0.1) is 19.8 Å². The fraction of sp³-hybridized carbons (Fsp3) is 0.300. The summed E-state index contributed by atoms with van der Waals surface area (Å²) in [5, 5.41) is 13.8. The van der Waals surface area contributed by atoms with Gasteiger partial charge in [-0.05, 0) is 36.8 Å². The van der Waals surface area contributed by atoms with Gasteiger partial charge in [-0.15, -0.1) is 0 Å². The number of aliphatic carboxylic acids is 1. The first-order valence-electron chi connectivity index (χ1n) is 8.51. The van der Waals surface area contributed by atoms with Crippen molar-refractivity contribution in [2.75, 3.05) is 20.3 Å². The molecular weight excluding hydrogens is 350 g/mol. The van der Waals surface area contributed by atoms with Gasteiger partial charge in [0.25, 0.3) is 5.91 Å². The summed E-state index contributed by atoms with van der Waals surface area (Å²) in [6, 6.07) is 13.1. The lowest BCUT2D eigenvalue weighted by Crippen LogP contribution is -2.36. The van der Waals surface area contributed by atoms with Gasteiger partial charge >= 0.3 is 0 Å². The largest absolute Gasteiger partial charge is 0.550 e. The number of carboxylic acids is 1. The summed E-state index contributed by atoms with van der Waals surface area (Å²) in [6.45, 7) is 2.08. The number of methoxy groups -OCH3 is 1. The molecule has 1 atom stereocenters. The number of carboxylic acid groups (broad SMARTS) is 1. The van der Waals surface area contributed by atoms with Crippen LogP contribution in [0.1, 0.15) is 24.9 Å². The number of nitrogens with one attached hydrogen (secondary N) is 1. The van der Waals surface area contributed by atoms with Gasteiger partial charge in [-0.3, -0.25) is 4.79 Å². The number of ether oxygens (including phenoxy) is 3. The zero-order valence-electron chi connectivity index (χ0n) is 15.3. The summed E-state index contributed by atoms with van der Waals surface area (Å²) in [4.78, 5) is 23.3. The number of para-hydroxylation sites is 1. The molecule has 0 radical (unpaired) electrons. The molecule has 0 saturated carbocycles. The van der Waals surface area contributed by atoms with Crippen molar-refractivity contribution in [3.63, 3.8) is 0 Å². The number of hydrogen-bond donors (Lipinski definition) is 1. The van der Waals surface area contributed by atoms with Gasteiger partial charge in [-0.25, -0.2) is 0 Å². The van der Waals surface area contributed by atoms with Crippen molar-refractivity contribution in [1.82, 2.24) is 5.32 Å². The molecule has 0 heterocycles. The highest BCUT2D eigenvalue weighted by molar-refractivity contribution is 5.79. The van der Waals surface area contributed by atoms with Crippen molar-refractivity contribution in [3.8, 4) is 17.2 Å². The van der Waals surface area contributed by atoms with Gasteiger partial charge in [0.15, 0.2) is 18.1 Å². The van der Waals surface area contributed by atoms with E-state index < -0.39 is 17.9 Å². The lowest BCUT2D eigenvalue weighted by Gasteiger charge is -2.21. The van der Waals surface area contributed by atoms with Crippen LogP contribution >= 0.6 is 0 Å². The van der Waals surface area contributed by atoms with Crippen LogP contribution < -0.4 is 24.6 Å². The zero-order chi connectivity index (χ0) is 19.6. The third-order valence-corrected chi connectivity index (χ3v) is 3.71. The maximum Gasteiger partial charge on any atom is 0.258 e. The summed E-state index contributed by atoms with van der Waals surface area (Å²) >= 11 is 0. The van der Waals surface area contributed by atoms with Crippen LogP contribution in [0.5, 0.6) is 17.2 Å². The topological polar surface area (TPSA) is 96.9 Å². The van der Waals surface area contributed by atoms with Gasteiger partial charge in [-0.2, -0.15) is 0 Å². The highest BCUT2D eigenvalue weighted by Crippen LogP contribution is 2.31. The number of rotatable bonds is 10. The number of amides is 1. The molecule has 0 bridgehead atoms. The molecule has 2 rings (SSSR count). The molecule has 7 nitrogen and oxygen atoms in total. The average Bonchev–Trinajstić information content (AvgIpc) is 2.67. The Balaban J connectivity index is 2.10. The van der Waals surface area contributed by atoms with Crippen LogP contribution in [0.25, 0.3) is 0 Å². The van der Waals surface area contributed by atoms with Crippen molar-refractivity contribution < 1.29 is 28.9 Å². The summed E-state index contributed by atoms with van der Waals surface area (Å²) in [7, 11) is 1.49. The van der Waals surface area contributed by atoms with Crippen molar-refractivity contribution in [3.05, 3.63) is 54.1 Å². The lowest BCUT2D eigenvalue weighted by molar-refractivity contribution is -0.306. The molecule has 1 N–H and O–H groups in total. The van der Waals surface area contributed by atoms with E-state index >= 15 is 0 Å². The highest BCUT2D eigenvalue weighted by Gasteiger charge is 2.18. The molecule has 7 heteroatoms. The minimum atomic E-state index is -1.28. The van der Waals surface area contributed by atoms with E-state index in [1.807, 2.05) is 13.0 Å². The minimum Gasteiger partial charge on any atom is -0.550 e. The van der Waals surface area contributed by atoms with E-state index in [-0.39, 0.29) is 13.0 Å². The van der Waals surface area contributed by atoms with Crippen molar-refractivity contribution in [2.24, 2.45) is 0 Å². The van der Waals surface area contributed by atoms with Gasteiger partial charge in [0.1, 0.15) is 5.75 Å². The Morgan fingerprint density at radius 1 is 1.07 bits per heavy atom. The van der Waals surface area contributed by atoms with Crippen LogP contribution in [0.15, 0.2) is 48.5 Å². The molecule has 0 saturated heterocycles. The molecule has 144 valence electrons. The van der Waals surface area contributed by atoms with Gasteiger partial charge < -0.3 is 29.4 Å². The van der Waals surface area contributed by atoms with E-state index in [9.17, 15) is 14.7 Å².